The second-order valence-corrected chi connectivity index (χ2v) is 8.62. The molecule has 0 saturated carbocycles. The van der Waals surface area contributed by atoms with Crippen molar-refractivity contribution in [2.75, 3.05) is 0 Å². The molecule has 174 valence electrons. The molecule has 0 amide bonds. The van der Waals surface area contributed by atoms with E-state index in [0.717, 1.165) is 16.7 Å². The smallest absolute Gasteiger partial charge is 0.388 e. The highest BCUT2D eigenvalue weighted by Gasteiger charge is 2.57. The predicted octanol–water partition coefficient (Wildman–Crippen LogP) is 6.96. The lowest BCUT2D eigenvalue weighted by atomic mass is 9.81. The van der Waals surface area contributed by atoms with Gasteiger partial charge in [-0.15, -0.1) is 0 Å². The van der Waals surface area contributed by atoms with Crippen LogP contribution in [-0.2, 0) is 5.60 Å². The second-order valence-electron chi connectivity index (χ2n) is 8.62. The van der Waals surface area contributed by atoms with E-state index in [1.54, 1.807) is 43.3 Å². The van der Waals surface area contributed by atoms with Crippen molar-refractivity contribution in [1.82, 2.24) is 0 Å². The van der Waals surface area contributed by atoms with Gasteiger partial charge in [0.25, 0.3) is 0 Å². The third-order valence-electron chi connectivity index (χ3n) is 5.91. The predicted molar refractivity (Wildman–Crippen MR) is 126 cm³/mol. The Hall–Kier alpha value is -2.89. The molecule has 0 fully saturated rings. The first-order valence-electron chi connectivity index (χ1n) is 10.9. The first-order chi connectivity index (χ1) is 15.5. The number of alkyl halides is 3. The minimum absolute atomic E-state index is 0.0327. The van der Waals surface area contributed by atoms with Gasteiger partial charge in [-0.05, 0) is 55.9 Å². The number of rotatable bonds is 7. The monoisotopic (exact) mass is 454 g/mol. The summed E-state index contributed by atoms with van der Waals surface area (Å²) in [5, 5.41) is 21.9. The Morgan fingerprint density at radius 2 is 1.24 bits per heavy atom. The lowest BCUT2D eigenvalue weighted by Gasteiger charge is -2.34. The maximum Gasteiger partial charge on any atom is 0.425 e. The van der Waals surface area contributed by atoms with Gasteiger partial charge in [-0.2, -0.15) is 13.2 Å². The molecule has 2 nitrogen and oxygen atoms in total. The molecular formula is C28H29F3O2. The zero-order valence-corrected chi connectivity index (χ0v) is 19.0. The van der Waals surface area contributed by atoms with Crippen molar-refractivity contribution < 1.29 is 23.4 Å². The van der Waals surface area contributed by atoms with Crippen LogP contribution in [0.3, 0.4) is 0 Å². The summed E-state index contributed by atoms with van der Waals surface area (Å²) in [5.74, 6) is 0. The van der Waals surface area contributed by atoms with Gasteiger partial charge in [0.2, 0.25) is 5.60 Å². The highest BCUT2D eigenvalue weighted by Crippen LogP contribution is 2.47. The van der Waals surface area contributed by atoms with E-state index >= 15 is 0 Å². The Balaban J connectivity index is 2.04. The fraction of sp³-hybridized carbons (Fsp3) is 0.286. The van der Waals surface area contributed by atoms with E-state index in [0.29, 0.717) is 11.1 Å². The second kappa shape index (κ2) is 9.94. The highest BCUT2D eigenvalue weighted by atomic mass is 19.4. The summed E-state index contributed by atoms with van der Waals surface area (Å²) in [6.07, 6.45) is -4.64. The summed E-state index contributed by atoms with van der Waals surface area (Å²) >= 11 is 0. The zero-order chi connectivity index (χ0) is 24.2. The number of hydrogen-bond donors (Lipinski definition) is 2. The Bertz CT molecular complexity index is 1080. The van der Waals surface area contributed by atoms with Crippen LogP contribution in [0.1, 0.15) is 52.3 Å². The van der Waals surface area contributed by atoms with Gasteiger partial charge in [-0.3, -0.25) is 0 Å². The zero-order valence-electron chi connectivity index (χ0n) is 19.0. The van der Waals surface area contributed by atoms with E-state index in [1.807, 2.05) is 38.1 Å². The van der Waals surface area contributed by atoms with E-state index in [9.17, 15) is 23.4 Å². The fourth-order valence-corrected chi connectivity index (χ4v) is 3.79. The number of aryl methyl sites for hydroxylation is 3. The van der Waals surface area contributed by atoms with E-state index in [4.69, 9.17) is 0 Å². The van der Waals surface area contributed by atoms with Crippen LogP contribution >= 0.6 is 0 Å². The fourth-order valence-electron chi connectivity index (χ4n) is 3.79. The third kappa shape index (κ3) is 5.73. The molecule has 0 aromatic heterocycles. The Morgan fingerprint density at radius 3 is 1.73 bits per heavy atom. The number of aliphatic hydroxyl groups is 2. The van der Waals surface area contributed by atoms with Crippen LogP contribution in [0.15, 0.2) is 78.4 Å². The molecule has 2 atom stereocenters. The van der Waals surface area contributed by atoms with Crippen molar-refractivity contribution in [3.05, 3.63) is 112 Å². The molecule has 0 aliphatic heterocycles. The average Bonchev–Trinajstić information content (AvgIpc) is 2.77. The minimum Gasteiger partial charge on any atom is -0.388 e. The summed E-state index contributed by atoms with van der Waals surface area (Å²) in [4.78, 5) is 0. The van der Waals surface area contributed by atoms with Crippen LogP contribution in [0.2, 0.25) is 0 Å². The Morgan fingerprint density at radius 1 is 0.788 bits per heavy atom. The molecular weight excluding hydrogens is 425 g/mol. The standard InChI is InChI=1S/C28H29F3O2/c1-19-4-10-22(11-5-19)18-25(16-17-26(32)23-12-6-20(2)7-13-23)27(33,28(29,30)31)24-14-8-21(3)9-15-24/h4-15,18,26,32-33H,16-17H2,1-3H3/b25-18-/t26-,27+/m0/s1. The molecule has 0 aliphatic carbocycles. The van der Waals surface area contributed by atoms with Crippen LogP contribution in [0, 0.1) is 20.8 Å². The van der Waals surface area contributed by atoms with E-state index in [2.05, 4.69) is 0 Å². The molecule has 5 heteroatoms. The molecule has 0 heterocycles. The number of aliphatic hydroxyl groups excluding tert-OH is 1. The van der Waals surface area contributed by atoms with Crippen molar-refractivity contribution in [3.8, 4) is 0 Å². The van der Waals surface area contributed by atoms with Gasteiger partial charge < -0.3 is 10.2 Å². The van der Waals surface area contributed by atoms with Crippen molar-refractivity contribution >= 4 is 6.08 Å². The maximum absolute atomic E-state index is 14.4. The molecule has 2 N–H and O–H groups in total. The van der Waals surface area contributed by atoms with Crippen LogP contribution < -0.4 is 0 Å². The van der Waals surface area contributed by atoms with Gasteiger partial charge in [0, 0.05) is 0 Å². The molecule has 3 aromatic carbocycles. The van der Waals surface area contributed by atoms with Crippen molar-refractivity contribution in [2.24, 2.45) is 0 Å². The first-order valence-corrected chi connectivity index (χ1v) is 10.9. The molecule has 0 unspecified atom stereocenters. The lowest BCUT2D eigenvalue weighted by molar-refractivity contribution is -0.250. The first kappa shape index (κ1) is 24.7. The summed E-state index contributed by atoms with van der Waals surface area (Å²) in [5.41, 5.74) is 0.333. The molecule has 3 rings (SSSR count). The average molecular weight is 455 g/mol. The van der Waals surface area contributed by atoms with Crippen LogP contribution in [0.5, 0.6) is 0 Å². The summed E-state index contributed by atoms with van der Waals surface area (Å²) < 4.78 is 43.3. The normalized spacial score (nSPS) is 15.2. The Kier molecular flexibility index (Phi) is 7.45. The molecule has 0 bridgehead atoms. The topological polar surface area (TPSA) is 40.5 Å². The van der Waals surface area contributed by atoms with Gasteiger partial charge >= 0.3 is 6.18 Å². The van der Waals surface area contributed by atoms with Crippen molar-refractivity contribution in [1.29, 1.82) is 0 Å². The highest BCUT2D eigenvalue weighted by molar-refractivity contribution is 5.57. The van der Waals surface area contributed by atoms with Gasteiger partial charge in [-0.25, -0.2) is 0 Å². The van der Waals surface area contributed by atoms with E-state index < -0.39 is 17.9 Å². The van der Waals surface area contributed by atoms with Gasteiger partial charge in [0.1, 0.15) is 0 Å². The van der Waals surface area contributed by atoms with Crippen LogP contribution in [-0.4, -0.2) is 16.4 Å². The lowest BCUT2D eigenvalue weighted by Crippen LogP contribution is -2.44. The molecule has 0 saturated heterocycles. The molecule has 0 radical (unpaired) electrons. The minimum atomic E-state index is -4.95. The third-order valence-corrected chi connectivity index (χ3v) is 5.91. The Labute approximate surface area is 193 Å². The van der Waals surface area contributed by atoms with E-state index in [-0.39, 0.29) is 24.0 Å². The quantitative estimate of drug-likeness (QED) is 0.405. The number of halogens is 3. The van der Waals surface area contributed by atoms with Crippen LogP contribution in [0.4, 0.5) is 13.2 Å². The summed E-state index contributed by atoms with van der Waals surface area (Å²) in [7, 11) is 0. The van der Waals surface area contributed by atoms with Gasteiger partial charge in [-0.1, -0.05) is 95.6 Å². The van der Waals surface area contributed by atoms with Gasteiger partial charge in [0.05, 0.1) is 6.10 Å². The van der Waals surface area contributed by atoms with Crippen molar-refractivity contribution in [2.45, 2.75) is 51.5 Å². The summed E-state index contributed by atoms with van der Waals surface area (Å²) in [6.45, 7) is 5.59. The molecule has 0 spiro atoms. The number of benzene rings is 3. The largest absolute Gasteiger partial charge is 0.425 e. The van der Waals surface area contributed by atoms with Crippen LogP contribution in [0.25, 0.3) is 6.08 Å². The van der Waals surface area contributed by atoms with Crippen molar-refractivity contribution in [3.63, 3.8) is 0 Å². The molecule has 33 heavy (non-hydrogen) atoms. The van der Waals surface area contributed by atoms with E-state index in [1.165, 1.54) is 18.2 Å². The number of hydrogen-bond acceptors (Lipinski definition) is 2. The summed E-state index contributed by atoms with van der Waals surface area (Å²) in [6, 6.07) is 20.0. The molecule has 3 aromatic rings. The van der Waals surface area contributed by atoms with Gasteiger partial charge in [0.15, 0.2) is 0 Å². The molecule has 0 aliphatic rings. The SMILES string of the molecule is Cc1ccc(/C=C(/CC[C@H](O)c2ccc(C)cc2)[C@](O)(c2ccc(C)cc2)C(F)(F)F)cc1. The maximum atomic E-state index is 14.4.